The van der Waals surface area contributed by atoms with Crippen LogP contribution in [0.2, 0.25) is 0 Å². The van der Waals surface area contributed by atoms with Crippen LogP contribution in [-0.2, 0) is 6.42 Å². The summed E-state index contributed by atoms with van der Waals surface area (Å²) in [5.74, 6) is 1.23. The van der Waals surface area contributed by atoms with Crippen LogP contribution in [0.25, 0.3) is 11.3 Å². The zero-order valence-electron chi connectivity index (χ0n) is 19.5. The Balaban J connectivity index is 1.47. The largest absolute Gasteiger partial charge is 0.494 e. The molecule has 2 amide bonds. The highest BCUT2D eigenvalue weighted by molar-refractivity contribution is 6.00. The van der Waals surface area contributed by atoms with Gasteiger partial charge in [-0.2, -0.15) is 0 Å². The Morgan fingerprint density at radius 1 is 1.03 bits per heavy atom. The number of anilines is 2. The third kappa shape index (κ3) is 5.70. The second kappa shape index (κ2) is 10.6. The summed E-state index contributed by atoms with van der Waals surface area (Å²) in [6.45, 7) is 3.83. The fraction of sp³-hybridized carbons (Fsp3) is 0.154. The minimum atomic E-state index is -0.565. The maximum atomic E-state index is 13.9. The molecule has 9 heteroatoms. The summed E-state index contributed by atoms with van der Waals surface area (Å²) in [5.41, 5.74) is 3.12. The van der Waals surface area contributed by atoms with E-state index >= 15 is 0 Å². The van der Waals surface area contributed by atoms with Gasteiger partial charge < -0.3 is 20.1 Å². The first-order valence-electron chi connectivity index (χ1n) is 10.9. The van der Waals surface area contributed by atoms with Crippen LogP contribution in [0.5, 0.6) is 17.4 Å². The number of carbonyl (C=O) groups excluding carboxylic acids is 1. The highest BCUT2D eigenvalue weighted by atomic mass is 19.1. The Hall–Kier alpha value is -4.53. The van der Waals surface area contributed by atoms with Gasteiger partial charge in [-0.1, -0.05) is 6.92 Å². The van der Waals surface area contributed by atoms with Crippen molar-refractivity contribution in [1.82, 2.24) is 15.0 Å². The normalized spacial score (nSPS) is 10.5. The molecular formula is C26H24FN5O3. The molecule has 178 valence electrons. The molecule has 0 atom stereocenters. The molecule has 8 nitrogen and oxygen atoms in total. The van der Waals surface area contributed by atoms with Gasteiger partial charge in [0.25, 0.3) is 0 Å². The lowest BCUT2D eigenvalue weighted by Crippen LogP contribution is -2.20. The van der Waals surface area contributed by atoms with Gasteiger partial charge in [0.1, 0.15) is 11.6 Å². The first-order chi connectivity index (χ1) is 17.0. The van der Waals surface area contributed by atoms with Crippen molar-refractivity contribution in [3.8, 4) is 28.6 Å². The van der Waals surface area contributed by atoms with Gasteiger partial charge in [0.2, 0.25) is 5.88 Å². The summed E-state index contributed by atoms with van der Waals surface area (Å²) in [6, 6.07) is 14.4. The average Bonchev–Trinajstić information content (AvgIpc) is 2.86. The first kappa shape index (κ1) is 23.6. The number of aromatic nitrogens is 3. The minimum Gasteiger partial charge on any atom is -0.494 e. The zero-order valence-corrected chi connectivity index (χ0v) is 19.5. The van der Waals surface area contributed by atoms with Crippen molar-refractivity contribution in [1.29, 1.82) is 0 Å². The summed E-state index contributed by atoms with van der Waals surface area (Å²) < 4.78 is 24.8. The predicted molar refractivity (Wildman–Crippen MR) is 131 cm³/mol. The SMILES string of the molecule is CCc1nccc(-c2cccnc2Oc2ccc(NC(=O)Nc3ccc(OC)c(F)c3)c(C)c2)n1. The molecule has 35 heavy (non-hydrogen) atoms. The number of pyridine rings is 1. The van der Waals surface area contributed by atoms with E-state index in [0.717, 1.165) is 29.1 Å². The molecule has 0 fully saturated rings. The summed E-state index contributed by atoms with van der Waals surface area (Å²) >= 11 is 0. The van der Waals surface area contributed by atoms with Crippen LogP contribution >= 0.6 is 0 Å². The summed E-state index contributed by atoms with van der Waals surface area (Å²) in [5, 5.41) is 5.36. The molecule has 2 heterocycles. The molecule has 4 aromatic rings. The van der Waals surface area contributed by atoms with Gasteiger partial charge in [-0.3, -0.25) is 0 Å². The number of halogens is 1. The number of methoxy groups -OCH3 is 1. The third-order valence-corrected chi connectivity index (χ3v) is 5.14. The van der Waals surface area contributed by atoms with E-state index in [1.54, 1.807) is 36.7 Å². The molecule has 0 spiro atoms. The van der Waals surface area contributed by atoms with Crippen LogP contribution in [0.1, 0.15) is 18.3 Å². The maximum Gasteiger partial charge on any atom is 0.323 e. The fourth-order valence-electron chi connectivity index (χ4n) is 3.37. The number of hydrogen-bond donors (Lipinski definition) is 2. The smallest absolute Gasteiger partial charge is 0.323 e. The number of rotatable bonds is 7. The molecule has 2 N–H and O–H groups in total. The lowest BCUT2D eigenvalue weighted by atomic mass is 10.1. The Morgan fingerprint density at radius 2 is 1.89 bits per heavy atom. The Labute approximate surface area is 202 Å². The van der Waals surface area contributed by atoms with Gasteiger partial charge >= 0.3 is 6.03 Å². The molecule has 0 aliphatic rings. The van der Waals surface area contributed by atoms with Crippen LogP contribution in [0.3, 0.4) is 0 Å². The van der Waals surface area contributed by atoms with E-state index in [-0.39, 0.29) is 5.75 Å². The molecule has 0 aliphatic carbocycles. The third-order valence-electron chi connectivity index (χ3n) is 5.14. The number of nitrogens with zero attached hydrogens (tertiary/aromatic N) is 3. The van der Waals surface area contributed by atoms with Crippen LogP contribution in [-0.4, -0.2) is 28.1 Å². The molecule has 0 unspecified atom stereocenters. The topological polar surface area (TPSA) is 98.3 Å². The second-order valence-electron chi connectivity index (χ2n) is 7.58. The second-order valence-corrected chi connectivity index (χ2v) is 7.58. The molecule has 0 saturated carbocycles. The number of urea groups is 1. The summed E-state index contributed by atoms with van der Waals surface area (Å²) in [7, 11) is 1.38. The number of amides is 2. The molecule has 2 aromatic carbocycles. The van der Waals surface area contributed by atoms with Gasteiger partial charge in [0, 0.05) is 36.3 Å². The van der Waals surface area contributed by atoms with E-state index in [2.05, 4.69) is 25.6 Å². The zero-order chi connectivity index (χ0) is 24.8. The lowest BCUT2D eigenvalue weighted by Gasteiger charge is -2.13. The van der Waals surface area contributed by atoms with Crippen LogP contribution in [0.4, 0.5) is 20.6 Å². The van der Waals surface area contributed by atoms with E-state index in [1.807, 2.05) is 32.0 Å². The van der Waals surface area contributed by atoms with Crippen molar-refractivity contribution in [2.45, 2.75) is 20.3 Å². The highest BCUT2D eigenvalue weighted by Gasteiger charge is 2.13. The highest BCUT2D eigenvalue weighted by Crippen LogP contribution is 2.32. The van der Waals surface area contributed by atoms with Gasteiger partial charge in [0.15, 0.2) is 11.6 Å². The van der Waals surface area contributed by atoms with Crippen molar-refractivity contribution in [2.24, 2.45) is 0 Å². The summed E-state index contributed by atoms with van der Waals surface area (Å²) in [6.07, 6.45) is 4.09. The van der Waals surface area contributed by atoms with E-state index < -0.39 is 11.8 Å². The van der Waals surface area contributed by atoms with Gasteiger partial charge in [-0.25, -0.2) is 24.1 Å². The Morgan fingerprint density at radius 3 is 2.63 bits per heavy atom. The van der Waals surface area contributed by atoms with Crippen LogP contribution in [0, 0.1) is 12.7 Å². The quantitative estimate of drug-likeness (QED) is 0.342. The van der Waals surface area contributed by atoms with Crippen molar-refractivity contribution < 1.29 is 18.7 Å². The van der Waals surface area contributed by atoms with E-state index in [1.165, 1.54) is 19.2 Å². The Bertz CT molecular complexity index is 1360. The van der Waals surface area contributed by atoms with Crippen LogP contribution < -0.4 is 20.1 Å². The van der Waals surface area contributed by atoms with Crippen LogP contribution in [0.15, 0.2) is 67.0 Å². The number of hydrogen-bond acceptors (Lipinski definition) is 6. The van der Waals surface area contributed by atoms with Gasteiger partial charge in [-0.15, -0.1) is 0 Å². The monoisotopic (exact) mass is 473 g/mol. The molecule has 2 aromatic heterocycles. The molecule has 0 radical (unpaired) electrons. The summed E-state index contributed by atoms with van der Waals surface area (Å²) in [4.78, 5) is 25.6. The van der Waals surface area contributed by atoms with E-state index in [9.17, 15) is 9.18 Å². The number of aryl methyl sites for hydroxylation is 2. The predicted octanol–water partition coefficient (Wildman–Crippen LogP) is 5.99. The Kier molecular flexibility index (Phi) is 7.15. The maximum absolute atomic E-state index is 13.9. The number of benzene rings is 2. The van der Waals surface area contributed by atoms with E-state index in [0.29, 0.717) is 23.0 Å². The standard InChI is InChI=1S/C26H24FN5O3/c1-4-24-28-13-11-22(31-24)19-6-5-12-29-25(19)35-18-8-9-21(16(2)14-18)32-26(33)30-17-7-10-23(34-3)20(27)15-17/h5-15H,4H2,1-3H3,(H2,30,32,33). The molecular weight excluding hydrogens is 449 g/mol. The molecule has 0 saturated heterocycles. The van der Waals surface area contributed by atoms with Gasteiger partial charge in [-0.05, 0) is 61.0 Å². The average molecular weight is 474 g/mol. The van der Waals surface area contributed by atoms with Crippen molar-refractivity contribution in [2.75, 3.05) is 17.7 Å². The molecule has 0 aliphatic heterocycles. The first-order valence-corrected chi connectivity index (χ1v) is 10.9. The fourth-order valence-corrected chi connectivity index (χ4v) is 3.37. The number of ether oxygens (including phenoxy) is 2. The van der Waals surface area contributed by atoms with Crippen molar-refractivity contribution >= 4 is 17.4 Å². The van der Waals surface area contributed by atoms with E-state index in [4.69, 9.17) is 9.47 Å². The van der Waals surface area contributed by atoms with Crippen molar-refractivity contribution in [3.63, 3.8) is 0 Å². The number of nitrogens with one attached hydrogen (secondary N) is 2. The lowest BCUT2D eigenvalue weighted by molar-refractivity contribution is 0.262. The molecule has 0 bridgehead atoms. The van der Waals surface area contributed by atoms with Gasteiger partial charge in [0.05, 0.1) is 18.4 Å². The number of carbonyl (C=O) groups is 1. The van der Waals surface area contributed by atoms with Crippen molar-refractivity contribution in [3.05, 3.63) is 84.2 Å². The minimum absolute atomic E-state index is 0.101. The molecule has 4 rings (SSSR count).